The number of benzene rings is 2. The van der Waals surface area contributed by atoms with Gasteiger partial charge in [0.2, 0.25) is 15.9 Å². The molecule has 0 heterocycles. The van der Waals surface area contributed by atoms with Crippen LogP contribution in [0.4, 0.5) is 5.69 Å². The Morgan fingerprint density at radius 1 is 0.969 bits per heavy atom. The van der Waals surface area contributed by atoms with Crippen LogP contribution in [0.25, 0.3) is 0 Å². The van der Waals surface area contributed by atoms with Gasteiger partial charge in [-0.1, -0.05) is 25.3 Å². The second kappa shape index (κ2) is 10.4. The second-order valence-corrected chi connectivity index (χ2v) is 10.1. The molecular formula is C24H32N2O5S. The van der Waals surface area contributed by atoms with E-state index in [1.165, 1.54) is 30.7 Å². The molecule has 2 aromatic carbocycles. The summed E-state index contributed by atoms with van der Waals surface area (Å²) >= 11 is 0. The minimum Gasteiger partial charge on any atom is -0.493 e. The molecule has 1 aliphatic rings. The molecule has 0 aliphatic heterocycles. The van der Waals surface area contributed by atoms with E-state index in [9.17, 15) is 13.2 Å². The molecule has 32 heavy (non-hydrogen) atoms. The molecule has 2 aromatic rings. The smallest absolute Gasteiger partial charge is 0.243 e. The zero-order valence-electron chi connectivity index (χ0n) is 19.2. The van der Waals surface area contributed by atoms with Crippen molar-refractivity contribution >= 4 is 21.6 Å². The molecule has 1 amide bonds. The van der Waals surface area contributed by atoms with Crippen LogP contribution in [0.1, 0.15) is 43.2 Å². The Bertz CT molecular complexity index is 1060. The molecule has 0 aromatic heterocycles. The lowest BCUT2D eigenvalue weighted by Gasteiger charge is -2.33. The van der Waals surface area contributed by atoms with E-state index in [4.69, 9.17) is 9.47 Å². The van der Waals surface area contributed by atoms with Crippen molar-refractivity contribution in [1.29, 1.82) is 0 Å². The van der Waals surface area contributed by atoms with Crippen LogP contribution < -0.4 is 14.8 Å². The quantitative estimate of drug-likeness (QED) is 0.635. The first kappa shape index (κ1) is 24.1. The number of hydrogen-bond donors (Lipinski definition) is 1. The van der Waals surface area contributed by atoms with Crippen LogP contribution >= 0.6 is 0 Å². The molecular weight excluding hydrogens is 428 g/mol. The summed E-state index contributed by atoms with van der Waals surface area (Å²) in [6, 6.07) is 9.95. The number of methoxy groups -OCH3 is 2. The Morgan fingerprint density at radius 3 is 2.28 bits per heavy atom. The largest absolute Gasteiger partial charge is 0.493 e. The van der Waals surface area contributed by atoms with Crippen LogP contribution in [0.2, 0.25) is 0 Å². The first-order chi connectivity index (χ1) is 15.3. The highest BCUT2D eigenvalue weighted by Crippen LogP contribution is 2.33. The van der Waals surface area contributed by atoms with E-state index in [0.717, 1.165) is 43.2 Å². The monoisotopic (exact) mass is 460 g/mol. The van der Waals surface area contributed by atoms with Gasteiger partial charge in [0.1, 0.15) is 0 Å². The lowest BCUT2D eigenvalue weighted by molar-refractivity contribution is -0.116. The standard InChI is InChI=1S/C24H32N2O5S/c1-17-10-11-19(14-18(17)2)25-24(27)16-26(20-8-6-5-7-9-20)32(28,29)21-12-13-22(30-3)23(15-21)31-4/h10-15,20H,5-9,16H2,1-4H3,(H,25,27). The average Bonchev–Trinajstić information content (AvgIpc) is 2.79. The van der Waals surface area contributed by atoms with Crippen molar-refractivity contribution in [2.24, 2.45) is 0 Å². The number of anilines is 1. The predicted octanol–water partition coefficient (Wildman–Crippen LogP) is 4.28. The fourth-order valence-electron chi connectivity index (χ4n) is 4.05. The molecule has 1 N–H and O–H groups in total. The minimum absolute atomic E-state index is 0.0831. The van der Waals surface area contributed by atoms with Crippen molar-refractivity contribution in [3.8, 4) is 11.5 Å². The topological polar surface area (TPSA) is 84.9 Å². The summed E-state index contributed by atoms with van der Waals surface area (Å²) in [6.07, 6.45) is 4.45. The molecule has 1 saturated carbocycles. The van der Waals surface area contributed by atoms with Crippen molar-refractivity contribution in [2.45, 2.75) is 56.9 Å². The molecule has 7 nitrogen and oxygen atoms in total. The summed E-state index contributed by atoms with van der Waals surface area (Å²) in [5.41, 5.74) is 2.85. The Kier molecular flexibility index (Phi) is 7.79. The summed E-state index contributed by atoms with van der Waals surface area (Å²) in [6.45, 7) is 3.73. The number of nitrogens with zero attached hydrogens (tertiary/aromatic N) is 1. The lowest BCUT2D eigenvalue weighted by Crippen LogP contribution is -2.45. The summed E-state index contributed by atoms with van der Waals surface area (Å²) < 4.78 is 39.1. The van der Waals surface area contributed by atoms with Gasteiger partial charge in [0, 0.05) is 17.8 Å². The zero-order valence-corrected chi connectivity index (χ0v) is 20.0. The molecule has 0 saturated heterocycles. The van der Waals surface area contributed by atoms with Crippen LogP contribution in [0, 0.1) is 13.8 Å². The number of aryl methyl sites for hydroxylation is 2. The molecule has 0 bridgehead atoms. The van der Waals surface area contributed by atoms with Crippen LogP contribution in [0.15, 0.2) is 41.3 Å². The average molecular weight is 461 g/mol. The number of amides is 1. The van der Waals surface area contributed by atoms with E-state index in [0.29, 0.717) is 17.2 Å². The van der Waals surface area contributed by atoms with Gasteiger partial charge in [-0.05, 0) is 62.1 Å². The maximum Gasteiger partial charge on any atom is 0.243 e. The predicted molar refractivity (Wildman–Crippen MR) is 125 cm³/mol. The van der Waals surface area contributed by atoms with Crippen molar-refractivity contribution in [2.75, 3.05) is 26.1 Å². The summed E-state index contributed by atoms with van der Waals surface area (Å²) in [7, 11) is -0.964. The SMILES string of the molecule is COc1ccc(S(=O)(=O)N(CC(=O)Nc2ccc(C)c(C)c2)C2CCCCC2)cc1OC. The molecule has 174 valence electrons. The van der Waals surface area contributed by atoms with E-state index in [1.807, 2.05) is 32.0 Å². The normalized spacial score (nSPS) is 14.9. The fourth-order valence-corrected chi connectivity index (χ4v) is 5.71. The molecule has 1 aliphatic carbocycles. The molecule has 1 fully saturated rings. The van der Waals surface area contributed by atoms with Crippen LogP contribution in [0.3, 0.4) is 0 Å². The van der Waals surface area contributed by atoms with E-state index in [1.54, 1.807) is 6.07 Å². The number of ether oxygens (including phenoxy) is 2. The van der Waals surface area contributed by atoms with Crippen molar-refractivity contribution in [3.63, 3.8) is 0 Å². The van der Waals surface area contributed by atoms with Gasteiger partial charge >= 0.3 is 0 Å². The lowest BCUT2D eigenvalue weighted by atomic mass is 9.95. The first-order valence-electron chi connectivity index (χ1n) is 10.9. The number of rotatable bonds is 8. The van der Waals surface area contributed by atoms with Crippen LogP contribution in [0.5, 0.6) is 11.5 Å². The molecule has 0 spiro atoms. The summed E-state index contributed by atoms with van der Waals surface area (Å²) in [5.74, 6) is 0.419. The van der Waals surface area contributed by atoms with Crippen molar-refractivity contribution in [3.05, 3.63) is 47.5 Å². The van der Waals surface area contributed by atoms with Gasteiger partial charge in [-0.2, -0.15) is 4.31 Å². The van der Waals surface area contributed by atoms with Crippen molar-refractivity contribution in [1.82, 2.24) is 4.31 Å². The number of hydrogen-bond acceptors (Lipinski definition) is 5. The number of sulfonamides is 1. The minimum atomic E-state index is -3.92. The fraction of sp³-hybridized carbons (Fsp3) is 0.458. The van der Waals surface area contributed by atoms with Crippen LogP contribution in [-0.4, -0.2) is 45.4 Å². The third kappa shape index (κ3) is 5.42. The van der Waals surface area contributed by atoms with Gasteiger partial charge in [0.05, 0.1) is 25.7 Å². The molecule has 0 radical (unpaired) electrons. The van der Waals surface area contributed by atoms with E-state index in [-0.39, 0.29) is 23.4 Å². The Balaban J connectivity index is 1.89. The van der Waals surface area contributed by atoms with E-state index < -0.39 is 10.0 Å². The maximum atomic E-state index is 13.6. The number of carbonyl (C=O) groups is 1. The molecule has 3 rings (SSSR count). The number of carbonyl (C=O) groups excluding carboxylic acids is 1. The van der Waals surface area contributed by atoms with Crippen LogP contribution in [-0.2, 0) is 14.8 Å². The Morgan fingerprint density at radius 2 is 1.66 bits per heavy atom. The third-order valence-corrected chi connectivity index (χ3v) is 7.93. The maximum absolute atomic E-state index is 13.6. The van der Waals surface area contributed by atoms with Gasteiger partial charge in [-0.25, -0.2) is 8.42 Å². The Hall–Kier alpha value is -2.58. The van der Waals surface area contributed by atoms with Gasteiger partial charge in [0.25, 0.3) is 0 Å². The number of nitrogens with one attached hydrogen (secondary N) is 1. The van der Waals surface area contributed by atoms with E-state index >= 15 is 0 Å². The summed E-state index contributed by atoms with van der Waals surface area (Å²) in [5, 5.41) is 2.85. The third-order valence-electron chi connectivity index (χ3n) is 6.03. The second-order valence-electron chi connectivity index (χ2n) is 8.21. The summed E-state index contributed by atoms with van der Waals surface area (Å²) in [4.78, 5) is 13.0. The Labute approximate surface area is 190 Å². The first-order valence-corrected chi connectivity index (χ1v) is 12.3. The van der Waals surface area contributed by atoms with Gasteiger partial charge in [-0.15, -0.1) is 0 Å². The van der Waals surface area contributed by atoms with Gasteiger partial charge in [-0.3, -0.25) is 4.79 Å². The molecule has 0 unspecified atom stereocenters. The van der Waals surface area contributed by atoms with Crippen molar-refractivity contribution < 1.29 is 22.7 Å². The highest BCUT2D eigenvalue weighted by atomic mass is 32.2. The highest BCUT2D eigenvalue weighted by Gasteiger charge is 2.34. The van der Waals surface area contributed by atoms with Gasteiger partial charge in [0.15, 0.2) is 11.5 Å². The van der Waals surface area contributed by atoms with Gasteiger partial charge < -0.3 is 14.8 Å². The highest BCUT2D eigenvalue weighted by molar-refractivity contribution is 7.89. The molecule has 0 atom stereocenters. The molecule has 8 heteroatoms. The van der Waals surface area contributed by atoms with E-state index in [2.05, 4.69) is 5.32 Å². The zero-order chi connectivity index (χ0) is 23.3.